The average Bonchev–Trinajstić information content (AvgIpc) is 2.68. The van der Waals surface area contributed by atoms with Gasteiger partial charge in [0.25, 0.3) is 0 Å². The Bertz CT molecular complexity index is 380. The number of nitrogens with two attached hydrogens (primary N) is 1. The Morgan fingerprint density at radius 2 is 2.29 bits per heavy atom. The van der Waals surface area contributed by atoms with Crippen LogP contribution in [-0.2, 0) is 6.42 Å². The van der Waals surface area contributed by atoms with E-state index in [0.717, 1.165) is 43.4 Å². The van der Waals surface area contributed by atoms with Gasteiger partial charge in [-0.2, -0.15) is 0 Å². The van der Waals surface area contributed by atoms with Gasteiger partial charge in [0.2, 0.25) is 0 Å². The number of hydrogen-bond donors (Lipinski definition) is 1. The van der Waals surface area contributed by atoms with Crippen molar-refractivity contribution >= 4 is 0 Å². The molecule has 0 aliphatic carbocycles. The first-order valence-corrected chi connectivity index (χ1v) is 6.39. The molecule has 2 nitrogen and oxygen atoms in total. The number of hydrogen-bond acceptors (Lipinski definition) is 2. The fraction of sp³-hybridized carbons (Fsp3) is 0.571. The van der Waals surface area contributed by atoms with Gasteiger partial charge in [0, 0.05) is 18.0 Å². The van der Waals surface area contributed by atoms with Crippen LogP contribution in [0, 0.1) is 5.82 Å². The predicted molar refractivity (Wildman–Crippen MR) is 66.6 cm³/mol. The summed E-state index contributed by atoms with van der Waals surface area (Å²) in [4.78, 5) is 0. The van der Waals surface area contributed by atoms with Gasteiger partial charge in [0.1, 0.15) is 17.7 Å². The Balaban J connectivity index is 1.84. The standard InChI is InChI=1S/C14H20FNO/c1-2-3-12(16)5-6-13-9-10-8-11(15)4-7-14(10)17-13/h4,7-8,12-13H,2-3,5-6,9,16H2,1H3. The Morgan fingerprint density at radius 1 is 1.47 bits per heavy atom. The number of fused-ring (bicyclic) bond motifs is 1. The normalized spacial score (nSPS) is 19.8. The van der Waals surface area contributed by atoms with Crippen LogP contribution in [0.1, 0.15) is 38.2 Å². The van der Waals surface area contributed by atoms with Crippen LogP contribution in [0.4, 0.5) is 4.39 Å². The van der Waals surface area contributed by atoms with E-state index in [1.54, 1.807) is 12.1 Å². The summed E-state index contributed by atoms with van der Waals surface area (Å²) >= 11 is 0. The molecule has 0 amide bonds. The van der Waals surface area contributed by atoms with Crippen LogP contribution in [0.5, 0.6) is 5.75 Å². The fourth-order valence-electron chi connectivity index (χ4n) is 2.37. The SMILES string of the molecule is CCCC(N)CCC1Cc2cc(F)ccc2O1. The zero-order valence-electron chi connectivity index (χ0n) is 10.3. The van der Waals surface area contributed by atoms with E-state index in [2.05, 4.69) is 6.92 Å². The van der Waals surface area contributed by atoms with Crippen LogP contribution in [0.15, 0.2) is 18.2 Å². The molecule has 3 heteroatoms. The molecular formula is C14H20FNO. The molecule has 0 saturated carbocycles. The Labute approximate surface area is 102 Å². The number of benzene rings is 1. The largest absolute Gasteiger partial charge is 0.490 e. The highest BCUT2D eigenvalue weighted by atomic mass is 19.1. The van der Waals surface area contributed by atoms with Crippen LogP contribution >= 0.6 is 0 Å². The van der Waals surface area contributed by atoms with Crippen molar-refractivity contribution in [1.82, 2.24) is 0 Å². The van der Waals surface area contributed by atoms with Gasteiger partial charge in [-0.3, -0.25) is 0 Å². The topological polar surface area (TPSA) is 35.2 Å². The van der Waals surface area contributed by atoms with E-state index < -0.39 is 0 Å². The van der Waals surface area contributed by atoms with E-state index in [1.807, 2.05) is 0 Å². The zero-order valence-corrected chi connectivity index (χ0v) is 10.3. The van der Waals surface area contributed by atoms with Crippen LogP contribution < -0.4 is 10.5 Å². The second-order valence-electron chi connectivity index (χ2n) is 4.82. The lowest BCUT2D eigenvalue weighted by Gasteiger charge is -2.14. The van der Waals surface area contributed by atoms with Gasteiger partial charge >= 0.3 is 0 Å². The number of ether oxygens (including phenoxy) is 1. The molecule has 0 saturated heterocycles. The van der Waals surface area contributed by atoms with Gasteiger partial charge in [-0.25, -0.2) is 4.39 Å². The molecule has 0 fully saturated rings. The molecule has 2 rings (SSSR count). The molecule has 1 aliphatic heterocycles. The molecule has 1 aromatic rings. The molecular weight excluding hydrogens is 217 g/mol. The van der Waals surface area contributed by atoms with Gasteiger partial charge in [-0.05, 0) is 37.5 Å². The summed E-state index contributed by atoms with van der Waals surface area (Å²) in [6, 6.07) is 5.01. The quantitative estimate of drug-likeness (QED) is 0.854. The minimum atomic E-state index is -0.185. The van der Waals surface area contributed by atoms with E-state index in [9.17, 15) is 4.39 Å². The smallest absolute Gasteiger partial charge is 0.123 e. The highest BCUT2D eigenvalue weighted by molar-refractivity contribution is 5.37. The van der Waals surface area contributed by atoms with Crippen LogP contribution in [0.3, 0.4) is 0 Å². The Kier molecular flexibility index (Phi) is 4.00. The predicted octanol–water partition coefficient (Wildman–Crippen LogP) is 3.04. The molecule has 0 radical (unpaired) electrons. The van der Waals surface area contributed by atoms with E-state index in [4.69, 9.17) is 10.5 Å². The molecule has 0 spiro atoms. The van der Waals surface area contributed by atoms with E-state index in [-0.39, 0.29) is 18.0 Å². The van der Waals surface area contributed by atoms with Crippen molar-refractivity contribution in [2.75, 3.05) is 0 Å². The van der Waals surface area contributed by atoms with Gasteiger partial charge in [0.05, 0.1) is 0 Å². The molecule has 1 aromatic carbocycles. The van der Waals surface area contributed by atoms with Crippen molar-refractivity contribution in [1.29, 1.82) is 0 Å². The summed E-state index contributed by atoms with van der Waals surface area (Å²) in [5.74, 6) is 0.649. The van der Waals surface area contributed by atoms with Crippen molar-refractivity contribution in [3.8, 4) is 5.75 Å². The summed E-state index contributed by atoms with van der Waals surface area (Å²) in [6.45, 7) is 2.14. The number of halogens is 1. The second-order valence-corrected chi connectivity index (χ2v) is 4.82. The Morgan fingerprint density at radius 3 is 3.06 bits per heavy atom. The Hall–Kier alpha value is -1.09. The van der Waals surface area contributed by atoms with Crippen molar-refractivity contribution in [3.05, 3.63) is 29.6 Å². The van der Waals surface area contributed by atoms with Crippen molar-refractivity contribution in [3.63, 3.8) is 0 Å². The second kappa shape index (κ2) is 5.50. The van der Waals surface area contributed by atoms with Gasteiger partial charge in [-0.1, -0.05) is 13.3 Å². The highest BCUT2D eigenvalue weighted by Crippen LogP contribution is 2.31. The first kappa shape index (κ1) is 12.4. The first-order chi connectivity index (χ1) is 8.19. The lowest BCUT2D eigenvalue weighted by molar-refractivity contribution is 0.213. The maximum absolute atomic E-state index is 13.0. The fourth-order valence-corrected chi connectivity index (χ4v) is 2.37. The van der Waals surface area contributed by atoms with Gasteiger partial charge < -0.3 is 10.5 Å². The lowest BCUT2D eigenvalue weighted by atomic mass is 10.0. The molecule has 1 heterocycles. The van der Waals surface area contributed by atoms with Crippen LogP contribution in [0.2, 0.25) is 0 Å². The maximum Gasteiger partial charge on any atom is 0.123 e. The van der Waals surface area contributed by atoms with Crippen molar-refractivity contribution < 1.29 is 9.13 Å². The molecule has 17 heavy (non-hydrogen) atoms. The van der Waals surface area contributed by atoms with Gasteiger partial charge in [-0.15, -0.1) is 0 Å². The zero-order chi connectivity index (χ0) is 12.3. The third-order valence-electron chi connectivity index (χ3n) is 3.28. The molecule has 1 aliphatic rings. The van der Waals surface area contributed by atoms with Crippen LogP contribution in [0.25, 0.3) is 0 Å². The lowest BCUT2D eigenvalue weighted by Crippen LogP contribution is -2.23. The summed E-state index contributed by atoms with van der Waals surface area (Å²) in [5.41, 5.74) is 6.96. The van der Waals surface area contributed by atoms with Gasteiger partial charge in [0.15, 0.2) is 0 Å². The third-order valence-corrected chi connectivity index (χ3v) is 3.28. The molecule has 2 unspecified atom stereocenters. The minimum absolute atomic E-state index is 0.176. The highest BCUT2D eigenvalue weighted by Gasteiger charge is 2.23. The monoisotopic (exact) mass is 237 g/mol. The summed E-state index contributed by atoms with van der Waals surface area (Å²) in [6.07, 6.45) is 5.11. The van der Waals surface area contributed by atoms with Crippen molar-refractivity contribution in [2.24, 2.45) is 5.73 Å². The molecule has 2 N–H and O–H groups in total. The van der Waals surface area contributed by atoms with Crippen LogP contribution in [-0.4, -0.2) is 12.1 Å². The van der Waals surface area contributed by atoms with E-state index >= 15 is 0 Å². The molecule has 0 bridgehead atoms. The summed E-state index contributed by atoms with van der Waals surface area (Å²) in [7, 11) is 0. The van der Waals surface area contributed by atoms with Crippen molar-refractivity contribution in [2.45, 2.75) is 51.2 Å². The van der Waals surface area contributed by atoms with E-state index in [1.165, 1.54) is 6.07 Å². The minimum Gasteiger partial charge on any atom is -0.490 e. The maximum atomic E-state index is 13.0. The number of rotatable bonds is 5. The molecule has 2 atom stereocenters. The average molecular weight is 237 g/mol. The first-order valence-electron chi connectivity index (χ1n) is 6.39. The summed E-state index contributed by atoms with van der Waals surface area (Å²) in [5, 5.41) is 0. The summed E-state index contributed by atoms with van der Waals surface area (Å²) < 4.78 is 18.8. The molecule has 94 valence electrons. The molecule has 0 aromatic heterocycles. The van der Waals surface area contributed by atoms with E-state index in [0.29, 0.717) is 0 Å². The third kappa shape index (κ3) is 3.19.